The van der Waals surface area contributed by atoms with Crippen LogP contribution in [-0.2, 0) is 14.8 Å². The number of benzene rings is 1. The van der Waals surface area contributed by atoms with Crippen LogP contribution in [0.4, 0.5) is 0 Å². The van der Waals surface area contributed by atoms with Crippen LogP contribution in [0.15, 0.2) is 24.3 Å². The Morgan fingerprint density at radius 2 is 1.97 bits per heavy atom. The molecule has 1 fully saturated rings. The molecule has 1 saturated heterocycles. The number of sulfonamides is 1. The third-order valence-electron chi connectivity index (χ3n) is 5.93. The number of nitrogens with zero attached hydrogens (tertiary/aromatic N) is 1. The number of piperidine rings is 1. The van der Waals surface area contributed by atoms with Gasteiger partial charge in [0.25, 0.3) is 0 Å². The van der Waals surface area contributed by atoms with Crippen LogP contribution in [-0.4, -0.2) is 49.6 Å². The van der Waals surface area contributed by atoms with Crippen LogP contribution in [0.5, 0.6) is 5.75 Å². The molecule has 0 aliphatic carbocycles. The van der Waals surface area contributed by atoms with Crippen LogP contribution in [0.1, 0.15) is 64.4 Å². The molecule has 0 radical (unpaired) electrons. The second-order valence-corrected chi connectivity index (χ2v) is 10.9. The average Bonchev–Trinajstić information content (AvgIpc) is 2.66. The number of hydrogen-bond donors (Lipinski definition) is 1. The van der Waals surface area contributed by atoms with E-state index in [-0.39, 0.29) is 17.6 Å². The molecular formula is C22H34N2O4S. The van der Waals surface area contributed by atoms with E-state index in [9.17, 15) is 13.2 Å². The zero-order valence-electron chi connectivity index (χ0n) is 17.8. The fourth-order valence-corrected chi connectivity index (χ4v) is 5.92. The van der Waals surface area contributed by atoms with E-state index in [0.29, 0.717) is 51.2 Å². The molecule has 1 aromatic carbocycles. The normalized spacial score (nSPS) is 21.6. The van der Waals surface area contributed by atoms with Crippen molar-refractivity contribution < 1.29 is 17.9 Å². The predicted molar refractivity (Wildman–Crippen MR) is 115 cm³/mol. The van der Waals surface area contributed by atoms with Gasteiger partial charge in [0.05, 0.1) is 5.75 Å². The largest absolute Gasteiger partial charge is 0.487 e. The Morgan fingerprint density at radius 3 is 2.62 bits per heavy atom. The van der Waals surface area contributed by atoms with E-state index < -0.39 is 15.6 Å². The number of amides is 1. The van der Waals surface area contributed by atoms with E-state index in [2.05, 4.69) is 19.2 Å². The van der Waals surface area contributed by atoms with Gasteiger partial charge in [-0.2, -0.15) is 0 Å². The minimum absolute atomic E-state index is 0.0681. The second-order valence-electron chi connectivity index (χ2n) is 8.84. The van der Waals surface area contributed by atoms with Gasteiger partial charge >= 0.3 is 0 Å². The van der Waals surface area contributed by atoms with E-state index in [0.717, 1.165) is 17.7 Å². The van der Waals surface area contributed by atoms with Crippen molar-refractivity contribution in [2.45, 2.75) is 64.4 Å². The lowest BCUT2D eigenvalue weighted by Crippen LogP contribution is -2.52. The molecule has 1 unspecified atom stereocenters. The van der Waals surface area contributed by atoms with Crippen molar-refractivity contribution in [3.63, 3.8) is 0 Å². The molecule has 6 nitrogen and oxygen atoms in total. The highest BCUT2D eigenvalue weighted by Gasteiger charge is 2.45. The summed E-state index contributed by atoms with van der Waals surface area (Å²) in [6, 6.07) is 7.95. The molecule has 1 aromatic rings. The van der Waals surface area contributed by atoms with Crippen LogP contribution < -0.4 is 10.1 Å². The summed E-state index contributed by atoms with van der Waals surface area (Å²) >= 11 is 0. The van der Waals surface area contributed by atoms with Gasteiger partial charge in [-0.1, -0.05) is 39.0 Å². The van der Waals surface area contributed by atoms with Crippen LogP contribution >= 0.6 is 0 Å². The zero-order chi connectivity index (χ0) is 21.1. The molecule has 1 N–H and O–H groups in total. The van der Waals surface area contributed by atoms with Crippen molar-refractivity contribution in [2.24, 2.45) is 5.92 Å². The highest BCUT2D eigenvalue weighted by Crippen LogP contribution is 2.46. The van der Waals surface area contributed by atoms with Crippen molar-refractivity contribution in [3.05, 3.63) is 29.8 Å². The van der Waals surface area contributed by atoms with E-state index in [1.165, 1.54) is 0 Å². The molecule has 2 aliphatic heterocycles. The third-order valence-corrected chi connectivity index (χ3v) is 8.01. The highest BCUT2D eigenvalue weighted by atomic mass is 32.2. The first-order chi connectivity index (χ1) is 13.7. The van der Waals surface area contributed by atoms with Crippen molar-refractivity contribution in [3.8, 4) is 5.75 Å². The van der Waals surface area contributed by atoms with E-state index in [4.69, 9.17) is 4.74 Å². The summed E-state index contributed by atoms with van der Waals surface area (Å²) < 4.78 is 32.9. The zero-order valence-corrected chi connectivity index (χ0v) is 18.6. The van der Waals surface area contributed by atoms with Crippen molar-refractivity contribution in [1.82, 2.24) is 9.62 Å². The van der Waals surface area contributed by atoms with Crippen LogP contribution in [0.3, 0.4) is 0 Å². The van der Waals surface area contributed by atoms with Crippen molar-refractivity contribution in [1.29, 1.82) is 0 Å². The first-order valence-electron chi connectivity index (χ1n) is 10.8. The quantitative estimate of drug-likeness (QED) is 0.732. The first kappa shape index (κ1) is 22.1. The molecule has 0 aromatic heterocycles. The first-order valence-corrected chi connectivity index (χ1v) is 12.4. The lowest BCUT2D eigenvalue weighted by molar-refractivity contribution is -0.122. The average molecular weight is 423 g/mol. The Kier molecular flexibility index (Phi) is 6.89. The minimum atomic E-state index is -3.18. The molecule has 2 aliphatic rings. The maximum atomic E-state index is 12.5. The molecule has 1 spiro atoms. The fourth-order valence-electron chi connectivity index (χ4n) is 4.41. The standard InChI is InChI=1S/C22H34N2O4S/c1-4-13-29(26,27)24-11-9-22(10-12-24)15-18(14-21(25)23-16-17(2)3)19-7-5-6-8-20(19)28-22/h5-8,17-18H,4,9-16H2,1-3H3,(H,23,25). The van der Waals surface area contributed by atoms with Crippen LogP contribution in [0, 0.1) is 5.92 Å². The summed E-state index contributed by atoms with van der Waals surface area (Å²) in [6.07, 6.45) is 3.14. The van der Waals surface area contributed by atoms with Gasteiger partial charge in [0.2, 0.25) is 15.9 Å². The number of hydrogen-bond acceptors (Lipinski definition) is 4. The van der Waals surface area contributed by atoms with Gasteiger partial charge in [-0.05, 0) is 30.4 Å². The smallest absolute Gasteiger partial charge is 0.220 e. The minimum Gasteiger partial charge on any atom is -0.487 e. The molecule has 1 amide bonds. The lowest BCUT2D eigenvalue weighted by Gasteiger charge is -2.46. The van der Waals surface area contributed by atoms with E-state index in [1.807, 2.05) is 31.2 Å². The summed E-state index contributed by atoms with van der Waals surface area (Å²) in [4.78, 5) is 12.5. The maximum absolute atomic E-state index is 12.5. The summed E-state index contributed by atoms with van der Waals surface area (Å²) in [6.45, 7) is 7.70. The Hall–Kier alpha value is -1.60. The molecule has 2 heterocycles. The molecule has 162 valence electrons. The Labute approximate surface area is 175 Å². The third kappa shape index (κ3) is 5.31. The number of fused-ring (bicyclic) bond motifs is 1. The second kappa shape index (κ2) is 9.04. The van der Waals surface area contributed by atoms with Crippen molar-refractivity contribution >= 4 is 15.9 Å². The Balaban J connectivity index is 1.73. The number of rotatable bonds is 7. The monoisotopic (exact) mass is 422 g/mol. The van der Waals surface area contributed by atoms with Gasteiger partial charge in [-0.3, -0.25) is 4.79 Å². The molecular weight excluding hydrogens is 388 g/mol. The molecule has 29 heavy (non-hydrogen) atoms. The van der Waals surface area contributed by atoms with Gasteiger partial charge < -0.3 is 10.1 Å². The van der Waals surface area contributed by atoms with Gasteiger partial charge in [0.15, 0.2) is 0 Å². The van der Waals surface area contributed by atoms with Crippen LogP contribution in [0.25, 0.3) is 0 Å². The summed E-state index contributed by atoms with van der Waals surface area (Å²) in [5, 5.41) is 3.03. The molecule has 0 bridgehead atoms. The van der Waals surface area contributed by atoms with Gasteiger partial charge in [0.1, 0.15) is 11.4 Å². The molecule has 7 heteroatoms. The summed E-state index contributed by atoms with van der Waals surface area (Å²) in [7, 11) is -3.18. The van der Waals surface area contributed by atoms with Crippen molar-refractivity contribution in [2.75, 3.05) is 25.4 Å². The summed E-state index contributed by atoms with van der Waals surface area (Å²) in [5.74, 6) is 1.61. The number of carbonyl (C=O) groups excluding carboxylic acids is 1. The van der Waals surface area contributed by atoms with E-state index >= 15 is 0 Å². The lowest BCUT2D eigenvalue weighted by atomic mass is 9.76. The molecule has 3 rings (SSSR count). The molecule has 0 saturated carbocycles. The highest BCUT2D eigenvalue weighted by molar-refractivity contribution is 7.89. The van der Waals surface area contributed by atoms with Crippen LogP contribution in [0.2, 0.25) is 0 Å². The number of carbonyl (C=O) groups is 1. The summed E-state index contributed by atoms with van der Waals surface area (Å²) in [5.41, 5.74) is 0.689. The Morgan fingerprint density at radius 1 is 1.28 bits per heavy atom. The molecule has 1 atom stereocenters. The topological polar surface area (TPSA) is 75.7 Å². The van der Waals surface area contributed by atoms with Gasteiger partial charge in [-0.15, -0.1) is 0 Å². The Bertz CT molecular complexity index is 814. The fraction of sp³-hybridized carbons (Fsp3) is 0.682. The number of nitrogens with one attached hydrogen (secondary N) is 1. The maximum Gasteiger partial charge on any atom is 0.220 e. The number of para-hydroxylation sites is 1. The predicted octanol–water partition coefficient (Wildman–Crippen LogP) is 3.29. The van der Waals surface area contributed by atoms with E-state index in [1.54, 1.807) is 4.31 Å². The SMILES string of the molecule is CCCS(=O)(=O)N1CCC2(CC1)CC(CC(=O)NCC(C)C)c1ccccc1O2. The van der Waals surface area contributed by atoms with Gasteiger partial charge in [-0.25, -0.2) is 12.7 Å². The van der Waals surface area contributed by atoms with Gasteiger partial charge in [0, 0.05) is 44.8 Å². The number of ether oxygens (including phenoxy) is 1.